The van der Waals surface area contributed by atoms with E-state index >= 15 is 0 Å². The summed E-state index contributed by atoms with van der Waals surface area (Å²) in [5.41, 5.74) is 12.8. The Balaban J connectivity index is 1.09. The maximum absolute atomic E-state index is 2.59. The van der Waals surface area contributed by atoms with Crippen molar-refractivity contribution in [1.82, 2.24) is 0 Å². The van der Waals surface area contributed by atoms with Crippen molar-refractivity contribution >= 4 is 64.6 Å². The predicted molar refractivity (Wildman–Crippen MR) is 273 cm³/mol. The first-order valence-electron chi connectivity index (χ1n) is 22.6. The Kier molecular flexibility index (Phi) is 8.08. The molecule has 0 aliphatic heterocycles. The lowest BCUT2D eigenvalue weighted by Gasteiger charge is -2.53. The summed E-state index contributed by atoms with van der Waals surface area (Å²) in [7, 11) is 0. The van der Waals surface area contributed by atoms with Crippen molar-refractivity contribution in [3.63, 3.8) is 0 Å². The molecule has 12 rings (SSSR count). The Morgan fingerprint density at radius 3 is 1.17 bits per heavy atom. The second-order valence-corrected chi connectivity index (χ2v) is 20.0. The number of rotatable bonds is 3. The quantitative estimate of drug-likeness (QED) is 0.123. The maximum atomic E-state index is 2.59. The SMILES string of the molecule is CC(C)(C)C1(C(C)(C)C)c2cc3cc(-c4c5ccccc5c(-c5ccc6cc(-c7ccccc7)ccc6c5)c5ccccc45)ccc3cc2-c2c1c1ccccc1c1ccccc21. The van der Waals surface area contributed by atoms with Crippen LogP contribution in [-0.4, -0.2) is 0 Å². The molecule has 0 saturated carbocycles. The van der Waals surface area contributed by atoms with Crippen LogP contribution in [0.25, 0.3) is 109 Å². The van der Waals surface area contributed by atoms with E-state index in [0.717, 1.165) is 0 Å². The van der Waals surface area contributed by atoms with Crippen LogP contribution in [0.4, 0.5) is 0 Å². The van der Waals surface area contributed by atoms with Crippen LogP contribution in [0, 0.1) is 10.8 Å². The van der Waals surface area contributed by atoms with Gasteiger partial charge in [0.1, 0.15) is 0 Å². The van der Waals surface area contributed by atoms with Gasteiger partial charge >= 0.3 is 0 Å². The summed E-state index contributed by atoms with van der Waals surface area (Å²) < 4.78 is 0. The van der Waals surface area contributed by atoms with Crippen molar-refractivity contribution in [3.05, 3.63) is 205 Å². The van der Waals surface area contributed by atoms with Gasteiger partial charge in [-0.2, -0.15) is 0 Å². The zero-order valence-corrected chi connectivity index (χ0v) is 37.0. The highest BCUT2D eigenvalue weighted by atomic mass is 14.6. The third-order valence-electron chi connectivity index (χ3n) is 14.7. The van der Waals surface area contributed by atoms with Gasteiger partial charge in [0.2, 0.25) is 0 Å². The molecule has 0 heterocycles. The van der Waals surface area contributed by atoms with Gasteiger partial charge in [0.05, 0.1) is 0 Å². The van der Waals surface area contributed by atoms with Crippen LogP contribution in [0.2, 0.25) is 0 Å². The molecule has 0 amide bonds. The van der Waals surface area contributed by atoms with E-state index in [2.05, 4.69) is 236 Å². The normalized spacial score (nSPS) is 13.7. The molecule has 11 aromatic rings. The Bertz CT molecular complexity index is 3610. The summed E-state index contributed by atoms with van der Waals surface area (Å²) in [6, 6.07) is 73.3. The first-order chi connectivity index (χ1) is 30.5. The van der Waals surface area contributed by atoms with Gasteiger partial charge in [-0.1, -0.05) is 205 Å². The molecule has 0 radical (unpaired) electrons. The first kappa shape index (κ1) is 37.7. The number of fused-ring (bicyclic) bond motifs is 12. The molecule has 0 fully saturated rings. The van der Waals surface area contributed by atoms with Crippen molar-refractivity contribution in [2.75, 3.05) is 0 Å². The molecule has 0 atom stereocenters. The smallest absolute Gasteiger partial charge is 0.0318 e. The van der Waals surface area contributed by atoms with E-state index in [-0.39, 0.29) is 16.2 Å². The van der Waals surface area contributed by atoms with E-state index < -0.39 is 0 Å². The summed E-state index contributed by atoms with van der Waals surface area (Å²) in [5, 5.41) is 15.5. The highest BCUT2D eigenvalue weighted by Gasteiger charge is 2.58. The number of hydrogen-bond donors (Lipinski definition) is 0. The highest BCUT2D eigenvalue weighted by Crippen LogP contribution is 2.67. The van der Waals surface area contributed by atoms with Crippen LogP contribution in [0.1, 0.15) is 52.7 Å². The van der Waals surface area contributed by atoms with Crippen LogP contribution in [0.3, 0.4) is 0 Å². The number of benzene rings is 11. The summed E-state index contributed by atoms with van der Waals surface area (Å²) in [5.74, 6) is 0. The van der Waals surface area contributed by atoms with E-state index in [1.165, 1.54) is 120 Å². The lowest BCUT2D eigenvalue weighted by molar-refractivity contribution is 0.0965. The largest absolute Gasteiger partial charge is 0.0622 e. The lowest BCUT2D eigenvalue weighted by Crippen LogP contribution is -2.50. The highest BCUT2D eigenvalue weighted by molar-refractivity contribution is 6.23. The average Bonchev–Trinajstić information content (AvgIpc) is 3.62. The molecule has 1 aliphatic carbocycles. The molecule has 0 unspecified atom stereocenters. The molecule has 1 aliphatic rings. The maximum Gasteiger partial charge on any atom is 0.0318 e. The van der Waals surface area contributed by atoms with E-state index in [4.69, 9.17) is 0 Å². The van der Waals surface area contributed by atoms with Gasteiger partial charge in [-0.05, 0) is 161 Å². The summed E-state index contributed by atoms with van der Waals surface area (Å²) >= 11 is 0. The Labute approximate surface area is 370 Å². The minimum absolute atomic E-state index is 0.100. The minimum atomic E-state index is -0.275. The van der Waals surface area contributed by atoms with Crippen molar-refractivity contribution < 1.29 is 0 Å². The van der Waals surface area contributed by atoms with Crippen LogP contribution in [0.15, 0.2) is 194 Å². The zero-order valence-electron chi connectivity index (χ0n) is 37.0. The molecule has 0 nitrogen and oxygen atoms in total. The first-order valence-corrected chi connectivity index (χ1v) is 22.6. The van der Waals surface area contributed by atoms with E-state index in [1.807, 2.05) is 0 Å². The average molecular weight is 807 g/mol. The van der Waals surface area contributed by atoms with Crippen LogP contribution in [-0.2, 0) is 5.41 Å². The van der Waals surface area contributed by atoms with Gasteiger partial charge in [0.15, 0.2) is 0 Å². The molecular formula is C63H50. The van der Waals surface area contributed by atoms with Crippen LogP contribution in [0.5, 0.6) is 0 Å². The second kappa shape index (κ2) is 13.5. The van der Waals surface area contributed by atoms with E-state index in [1.54, 1.807) is 0 Å². The molecule has 0 saturated heterocycles. The third kappa shape index (κ3) is 5.34. The van der Waals surface area contributed by atoms with Crippen molar-refractivity contribution in [3.8, 4) is 44.5 Å². The molecule has 0 bridgehead atoms. The summed E-state index contributed by atoms with van der Waals surface area (Å²) in [4.78, 5) is 0. The fourth-order valence-electron chi connectivity index (χ4n) is 12.6. The van der Waals surface area contributed by atoms with Crippen LogP contribution < -0.4 is 0 Å². The van der Waals surface area contributed by atoms with Gasteiger partial charge in [0, 0.05) is 5.41 Å². The molecule has 11 aromatic carbocycles. The van der Waals surface area contributed by atoms with Crippen molar-refractivity contribution in [2.45, 2.75) is 47.0 Å². The van der Waals surface area contributed by atoms with E-state index in [0.29, 0.717) is 0 Å². The van der Waals surface area contributed by atoms with Gasteiger partial charge in [0.25, 0.3) is 0 Å². The molecule has 0 heteroatoms. The molecule has 63 heavy (non-hydrogen) atoms. The van der Waals surface area contributed by atoms with Gasteiger partial charge in [-0.15, -0.1) is 0 Å². The van der Waals surface area contributed by atoms with Crippen LogP contribution >= 0.6 is 0 Å². The fraction of sp³-hybridized carbons (Fsp3) is 0.143. The molecule has 0 N–H and O–H groups in total. The number of hydrogen-bond acceptors (Lipinski definition) is 0. The zero-order chi connectivity index (χ0) is 42.8. The molecular weight excluding hydrogens is 757 g/mol. The summed E-state index contributed by atoms with van der Waals surface area (Å²) in [6.45, 7) is 14.8. The Hall–Kier alpha value is -7.02. The Morgan fingerprint density at radius 1 is 0.286 bits per heavy atom. The predicted octanol–water partition coefficient (Wildman–Crippen LogP) is 18.0. The fourth-order valence-corrected chi connectivity index (χ4v) is 12.6. The second-order valence-electron chi connectivity index (χ2n) is 20.0. The van der Waals surface area contributed by atoms with Crippen molar-refractivity contribution in [1.29, 1.82) is 0 Å². The van der Waals surface area contributed by atoms with Gasteiger partial charge < -0.3 is 0 Å². The van der Waals surface area contributed by atoms with E-state index in [9.17, 15) is 0 Å². The molecule has 0 spiro atoms. The lowest BCUT2D eigenvalue weighted by atomic mass is 9.49. The van der Waals surface area contributed by atoms with Gasteiger partial charge in [-0.25, -0.2) is 0 Å². The topological polar surface area (TPSA) is 0 Å². The molecule has 0 aromatic heterocycles. The van der Waals surface area contributed by atoms with Gasteiger partial charge in [-0.3, -0.25) is 0 Å². The molecule has 302 valence electrons. The monoisotopic (exact) mass is 806 g/mol. The Morgan fingerprint density at radius 2 is 0.667 bits per heavy atom. The summed E-state index contributed by atoms with van der Waals surface area (Å²) in [6.07, 6.45) is 0. The minimum Gasteiger partial charge on any atom is -0.0622 e. The standard InChI is InChI=1S/C63H50/c1-61(2,3)63(62(4,5)6)56-38-46-36-45(33-31-43(46)37-55(56)59-49-22-12-10-20-47(49)48-21-11-17-27-54(48)60(59)63)58-52-25-15-13-23-50(52)57(51-24-14-16-26-53(51)58)44-32-30-41-34-40(28-29-42(41)35-44)39-18-8-7-9-19-39/h7-38H,1-6H3. The third-order valence-corrected chi connectivity index (χ3v) is 14.7. The van der Waals surface area contributed by atoms with Crippen molar-refractivity contribution in [2.24, 2.45) is 10.8 Å².